The summed E-state index contributed by atoms with van der Waals surface area (Å²) in [5.41, 5.74) is 0.738. The molecule has 0 saturated carbocycles. The van der Waals surface area contributed by atoms with E-state index in [2.05, 4.69) is 10.3 Å². The minimum atomic E-state index is -0.307. The van der Waals surface area contributed by atoms with Crippen molar-refractivity contribution in [3.63, 3.8) is 0 Å². The Balaban J connectivity index is 1.86. The molecule has 0 bridgehead atoms. The number of aromatic nitrogens is 1. The Morgan fingerprint density at radius 2 is 2.10 bits per heavy atom. The number of nitrogens with zero attached hydrogens (tertiary/aromatic N) is 1. The van der Waals surface area contributed by atoms with E-state index in [0.29, 0.717) is 31.0 Å². The maximum atomic E-state index is 12.8. The number of carbonyl (C=O) groups is 1. The summed E-state index contributed by atoms with van der Waals surface area (Å²) in [6, 6.07) is 5.93. The molecule has 0 unspecified atom stereocenters. The zero-order valence-electron chi connectivity index (χ0n) is 11.5. The molecule has 0 aliphatic rings. The molecule has 5 nitrogen and oxygen atoms in total. The highest BCUT2D eigenvalue weighted by molar-refractivity contribution is 5.75. The Labute approximate surface area is 121 Å². The first-order valence-electron chi connectivity index (χ1n) is 6.77. The van der Waals surface area contributed by atoms with Gasteiger partial charge in [0.1, 0.15) is 5.82 Å². The van der Waals surface area contributed by atoms with Gasteiger partial charge in [-0.3, -0.25) is 4.79 Å². The van der Waals surface area contributed by atoms with Gasteiger partial charge in [-0.05, 0) is 30.7 Å². The standard InChI is InChI=1S/C15H17FN2O3/c16-12-4-2-11(3-5-12)13-10-18-15(21-13)7-6-14(20)17-8-1-9-19/h2-5,10,19H,1,6-9H2,(H,17,20). The summed E-state index contributed by atoms with van der Waals surface area (Å²) in [4.78, 5) is 15.6. The summed E-state index contributed by atoms with van der Waals surface area (Å²) in [6.45, 7) is 0.517. The van der Waals surface area contributed by atoms with Crippen molar-refractivity contribution in [1.29, 1.82) is 0 Å². The highest BCUT2D eigenvalue weighted by Gasteiger charge is 2.08. The van der Waals surface area contributed by atoms with E-state index in [-0.39, 0.29) is 24.8 Å². The SMILES string of the molecule is O=C(CCc1ncc(-c2ccc(F)cc2)o1)NCCCO. The molecule has 1 amide bonds. The maximum absolute atomic E-state index is 12.8. The van der Waals surface area contributed by atoms with Gasteiger partial charge in [0, 0.05) is 31.6 Å². The fraction of sp³-hybridized carbons (Fsp3) is 0.333. The fourth-order valence-corrected chi connectivity index (χ4v) is 1.79. The quantitative estimate of drug-likeness (QED) is 0.764. The average molecular weight is 292 g/mol. The molecule has 0 fully saturated rings. The number of halogens is 1. The summed E-state index contributed by atoms with van der Waals surface area (Å²) >= 11 is 0. The number of benzene rings is 1. The van der Waals surface area contributed by atoms with Gasteiger partial charge in [-0.1, -0.05) is 0 Å². The van der Waals surface area contributed by atoms with Crippen molar-refractivity contribution in [3.8, 4) is 11.3 Å². The fourth-order valence-electron chi connectivity index (χ4n) is 1.79. The number of hydrogen-bond acceptors (Lipinski definition) is 4. The Kier molecular flexibility index (Phi) is 5.45. The van der Waals surface area contributed by atoms with Crippen LogP contribution in [-0.4, -0.2) is 29.1 Å². The van der Waals surface area contributed by atoms with E-state index in [4.69, 9.17) is 9.52 Å². The molecular formula is C15H17FN2O3. The van der Waals surface area contributed by atoms with Crippen molar-refractivity contribution < 1.29 is 18.7 Å². The highest BCUT2D eigenvalue weighted by atomic mass is 19.1. The Morgan fingerprint density at radius 3 is 2.81 bits per heavy atom. The zero-order valence-corrected chi connectivity index (χ0v) is 11.5. The lowest BCUT2D eigenvalue weighted by Gasteiger charge is -2.02. The molecule has 1 heterocycles. The van der Waals surface area contributed by atoms with E-state index < -0.39 is 0 Å². The molecule has 0 spiro atoms. The van der Waals surface area contributed by atoms with Gasteiger partial charge in [0.2, 0.25) is 5.91 Å². The number of oxazole rings is 1. The molecule has 0 saturated heterocycles. The van der Waals surface area contributed by atoms with Gasteiger partial charge in [0.05, 0.1) is 6.20 Å². The van der Waals surface area contributed by atoms with Crippen LogP contribution < -0.4 is 5.32 Å². The minimum Gasteiger partial charge on any atom is -0.441 e. The lowest BCUT2D eigenvalue weighted by Crippen LogP contribution is -2.25. The summed E-state index contributed by atoms with van der Waals surface area (Å²) in [5, 5.41) is 11.3. The number of carbonyl (C=O) groups excluding carboxylic acids is 1. The molecular weight excluding hydrogens is 275 g/mol. The first-order valence-corrected chi connectivity index (χ1v) is 6.77. The molecule has 6 heteroatoms. The molecule has 2 N–H and O–H groups in total. The van der Waals surface area contributed by atoms with Crippen molar-refractivity contribution in [2.45, 2.75) is 19.3 Å². The van der Waals surface area contributed by atoms with E-state index in [1.807, 2.05) is 0 Å². The van der Waals surface area contributed by atoms with Gasteiger partial charge in [-0.15, -0.1) is 0 Å². The highest BCUT2D eigenvalue weighted by Crippen LogP contribution is 2.21. The molecule has 1 aromatic heterocycles. The number of aliphatic hydroxyl groups excluding tert-OH is 1. The van der Waals surface area contributed by atoms with E-state index in [0.717, 1.165) is 5.56 Å². The zero-order chi connectivity index (χ0) is 15.1. The van der Waals surface area contributed by atoms with Crippen molar-refractivity contribution in [3.05, 3.63) is 42.2 Å². The normalized spacial score (nSPS) is 10.6. The van der Waals surface area contributed by atoms with E-state index in [9.17, 15) is 9.18 Å². The van der Waals surface area contributed by atoms with Crippen LogP contribution in [0.5, 0.6) is 0 Å². The van der Waals surface area contributed by atoms with E-state index in [1.165, 1.54) is 12.1 Å². The summed E-state index contributed by atoms with van der Waals surface area (Å²) in [5.74, 6) is 0.598. The van der Waals surface area contributed by atoms with Crippen molar-refractivity contribution in [2.75, 3.05) is 13.2 Å². The van der Waals surface area contributed by atoms with Crippen molar-refractivity contribution in [2.24, 2.45) is 0 Å². The minimum absolute atomic E-state index is 0.0566. The lowest BCUT2D eigenvalue weighted by atomic mass is 10.2. The predicted molar refractivity (Wildman–Crippen MR) is 74.9 cm³/mol. The lowest BCUT2D eigenvalue weighted by molar-refractivity contribution is -0.121. The number of aliphatic hydroxyl groups is 1. The number of aryl methyl sites for hydroxylation is 1. The van der Waals surface area contributed by atoms with Crippen LogP contribution in [0.2, 0.25) is 0 Å². The maximum Gasteiger partial charge on any atom is 0.220 e. The smallest absolute Gasteiger partial charge is 0.220 e. The second-order valence-corrected chi connectivity index (χ2v) is 4.55. The molecule has 0 aliphatic carbocycles. The van der Waals surface area contributed by atoms with Gasteiger partial charge in [-0.2, -0.15) is 0 Å². The van der Waals surface area contributed by atoms with Gasteiger partial charge < -0.3 is 14.8 Å². The van der Waals surface area contributed by atoms with Gasteiger partial charge in [0.15, 0.2) is 11.7 Å². The first-order chi connectivity index (χ1) is 10.2. The summed E-state index contributed by atoms with van der Waals surface area (Å²) in [6.07, 6.45) is 2.77. The molecule has 0 aliphatic heterocycles. The van der Waals surface area contributed by atoms with E-state index >= 15 is 0 Å². The topological polar surface area (TPSA) is 75.4 Å². The molecule has 0 atom stereocenters. The van der Waals surface area contributed by atoms with Crippen LogP contribution in [0.3, 0.4) is 0 Å². The number of rotatable bonds is 7. The third-order valence-corrected chi connectivity index (χ3v) is 2.91. The Hall–Kier alpha value is -2.21. The van der Waals surface area contributed by atoms with Crippen LogP contribution in [0.1, 0.15) is 18.7 Å². The monoisotopic (exact) mass is 292 g/mol. The molecule has 21 heavy (non-hydrogen) atoms. The van der Waals surface area contributed by atoms with Crippen molar-refractivity contribution >= 4 is 5.91 Å². The Morgan fingerprint density at radius 1 is 1.33 bits per heavy atom. The number of amides is 1. The van der Waals surface area contributed by atoms with Crippen LogP contribution in [0.4, 0.5) is 4.39 Å². The van der Waals surface area contributed by atoms with Gasteiger partial charge >= 0.3 is 0 Å². The van der Waals surface area contributed by atoms with Crippen molar-refractivity contribution in [1.82, 2.24) is 10.3 Å². The van der Waals surface area contributed by atoms with Crippen LogP contribution in [0.25, 0.3) is 11.3 Å². The first kappa shape index (κ1) is 15.2. The van der Waals surface area contributed by atoms with Crippen LogP contribution in [-0.2, 0) is 11.2 Å². The summed E-state index contributed by atoms with van der Waals surface area (Å²) < 4.78 is 18.4. The second kappa shape index (κ2) is 7.54. The van der Waals surface area contributed by atoms with Crippen LogP contribution >= 0.6 is 0 Å². The molecule has 0 radical (unpaired) electrons. The average Bonchev–Trinajstić information content (AvgIpc) is 2.95. The molecule has 2 rings (SSSR count). The van der Waals surface area contributed by atoms with Crippen LogP contribution in [0, 0.1) is 5.82 Å². The predicted octanol–water partition coefficient (Wildman–Crippen LogP) is 1.91. The third kappa shape index (κ3) is 4.68. The molecule has 1 aromatic carbocycles. The Bertz CT molecular complexity index is 581. The van der Waals surface area contributed by atoms with Gasteiger partial charge in [-0.25, -0.2) is 9.37 Å². The second-order valence-electron chi connectivity index (χ2n) is 4.55. The van der Waals surface area contributed by atoms with Crippen LogP contribution in [0.15, 0.2) is 34.9 Å². The summed E-state index contributed by atoms with van der Waals surface area (Å²) in [7, 11) is 0. The van der Waals surface area contributed by atoms with E-state index in [1.54, 1.807) is 18.3 Å². The third-order valence-electron chi connectivity index (χ3n) is 2.91. The number of hydrogen-bond donors (Lipinski definition) is 2. The molecule has 112 valence electrons. The van der Waals surface area contributed by atoms with Gasteiger partial charge in [0.25, 0.3) is 0 Å². The molecule has 2 aromatic rings. The number of nitrogens with one attached hydrogen (secondary N) is 1. The largest absolute Gasteiger partial charge is 0.441 e.